The first-order valence-electron chi connectivity index (χ1n) is 6.93. The minimum Gasteiger partial charge on any atom is -0.324 e. The molecule has 0 bridgehead atoms. The standard InChI is InChI=1S/C17H18N2/c1-11-13-8-6-9-15-14-7-4-5-10-16(14)19(17(13)15)12(2)18(11)3/h4-12H,1-3H3/t11?,12-/m0/s1. The van der Waals surface area contributed by atoms with E-state index in [2.05, 4.69) is 72.8 Å². The second-order valence-corrected chi connectivity index (χ2v) is 5.60. The molecule has 1 aromatic heterocycles. The van der Waals surface area contributed by atoms with Crippen LogP contribution in [0.4, 0.5) is 0 Å². The zero-order valence-corrected chi connectivity index (χ0v) is 11.6. The van der Waals surface area contributed by atoms with Gasteiger partial charge in [0, 0.05) is 16.8 Å². The van der Waals surface area contributed by atoms with Gasteiger partial charge in [0.2, 0.25) is 0 Å². The lowest BCUT2D eigenvalue weighted by Gasteiger charge is -2.38. The summed E-state index contributed by atoms with van der Waals surface area (Å²) < 4.78 is 2.49. The van der Waals surface area contributed by atoms with E-state index in [-0.39, 0.29) is 0 Å². The molecule has 2 heteroatoms. The van der Waals surface area contributed by atoms with Crippen LogP contribution in [0.25, 0.3) is 21.8 Å². The van der Waals surface area contributed by atoms with Crippen LogP contribution in [0.5, 0.6) is 0 Å². The van der Waals surface area contributed by atoms with E-state index >= 15 is 0 Å². The van der Waals surface area contributed by atoms with Crippen LogP contribution >= 0.6 is 0 Å². The minimum absolute atomic E-state index is 0.396. The normalized spacial score (nSPS) is 23.3. The third-order valence-corrected chi connectivity index (χ3v) is 4.79. The van der Waals surface area contributed by atoms with E-state index in [0.717, 1.165) is 0 Å². The number of nitrogens with zero attached hydrogens (tertiary/aromatic N) is 2. The van der Waals surface area contributed by atoms with E-state index in [4.69, 9.17) is 0 Å². The van der Waals surface area contributed by atoms with Gasteiger partial charge in [-0.15, -0.1) is 0 Å². The van der Waals surface area contributed by atoms with Gasteiger partial charge >= 0.3 is 0 Å². The Hall–Kier alpha value is -1.80. The predicted octanol–water partition coefficient (Wildman–Crippen LogP) is 4.32. The van der Waals surface area contributed by atoms with Crippen molar-refractivity contribution in [1.82, 2.24) is 9.47 Å². The molecule has 4 rings (SSSR count). The number of hydrogen-bond acceptors (Lipinski definition) is 1. The first-order valence-corrected chi connectivity index (χ1v) is 6.93. The lowest BCUT2D eigenvalue weighted by atomic mass is 10.0. The first kappa shape index (κ1) is 11.1. The molecule has 0 aliphatic carbocycles. The van der Waals surface area contributed by atoms with Gasteiger partial charge in [0.05, 0.1) is 17.2 Å². The molecule has 3 aromatic rings. The topological polar surface area (TPSA) is 8.17 Å². The molecule has 2 heterocycles. The van der Waals surface area contributed by atoms with Gasteiger partial charge in [-0.1, -0.05) is 36.4 Å². The van der Waals surface area contributed by atoms with Crippen LogP contribution in [-0.4, -0.2) is 16.5 Å². The molecule has 2 nitrogen and oxygen atoms in total. The molecule has 0 amide bonds. The molecular weight excluding hydrogens is 232 g/mol. The second kappa shape index (κ2) is 3.61. The molecule has 2 atom stereocenters. The Morgan fingerprint density at radius 2 is 1.63 bits per heavy atom. The lowest BCUT2D eigenvalue weighted by molar-refractivity contribution is 0.140. The molecule has 0 spiro atoms. The summed E-state index contributed by atoms with van der Waals surface area (Å²) in [6.45, 7) is 4.59. The third kappa shape index (κ3) is 1.25. The summed E-state index contributed by atoms with van der Waals surface area (Å²) >= 11 is 0. The van der Waals surface area contributed by atoms with Gasteiger partial charge in [-0.2, -0.15) is 0 Å². The smallest absolute Gasteiger partial charge is 0.0844 e. The maximum atomic E-state index is 2.49. The van der Waals surface area contributed by atoms with E-state index in [9.17, 15) is 0 Å². The Balaban J connectivity index is 2.28. The zero-order valence-electron chi connectivity index (χ0n) is 11.6. The molecule has 1 aliphatic heterocycles. The Labute approximate surface area is 113 Å². The number of benzene rings is 2. The highest BCUT2D eigenvalue weighted by molar-refractivity contribution is 6.09. The molecule has 0 radical (unpaired) electrons. The van der Waals surface area contributed by atoms with Crippen molar-refractivity contribution < 1.29 is 0 Å². The summed E-state index contributed by atoms with van der Waals surface area (Å²) in [7, 11) is 2.21. The van der Waals surface area contributed by atoms with Crippen molar-refractivity contribution in [2.45, 2.75) is 26.1 Å². The number of hydrogen-bond donors (Lipinski definition) is 0. The van der Waals surface area contributed by atoms with Gasteiger partial charge in [0.15, 0.2) is 0 Å². The molecule has 96 valence electrons. The van der Waals surface area contributed by atoms with Crippen molar-refractivity contribution in [3.8, 4) is 0 Å². The van der Waals surface area contributed by atoms with E-state index in [1.807, 2.05) is 0 Å². The monoisotopic (exact) mass is 250 g/mol. The molecule has 1 aliphatic rings. The number of aromatic nitrogens is 1. The number of para-hydroxylation sites is 2. The van der Waals surface area contributed by atoms with Crippen molar-refractivity contribution in [3.63, 3.8) is 0 Å². The van der Waals surface area contributed by atoms with Crippen molar-refractivity contribution in [1.29, 1.82) is 0 Å². The molecule has 2 aromatic carbocycles. The molecular formula is C17H18N2. The largest absolute Gasteiger partial charge is 0.324 e. The Kier molecular flexibility index (Phi) is 2.10. The van der Waals surface area contributed by atoms with E-state index in [0.29, 0.717) is 12.2 Å². The fraction of sp³-hybridized carbons (Fsp3) is 0.294. The van der Waals surface area contributed by atoms with Crippen molar-refractivity contribution in [2.24, 2.45) is 0 Å². The Morgan fingerprint density at radius 1 is 0.895 bits per heavy atom. The maximum absolute atomic E-state index is 2.49. The molecule has 0 N–H and O–H groups in total. The third-order valence-electron chi connectivity index (χ3n) is 4.79. The van der Waals surface area contributed by atoms with E-state index in [1.54, 1.807) is 0 Å². The van der Waals surface area contributed by atoms with Crippen LogP contribution in [0.3, 0.4) is 0 Å². The van der Waals surface area contributed by atoms with Gasteiger partial charge in [-0.25, -0.2) is 0 Å². The van der Waals surface area contributed by atoms with Crippen LogP contribution < -0.4 is 0 Å². The Bertz CT molecular complexity index is 784. The quantitative estimate of drug-likeness (QED) is 0.577. The summed E-state index contributed by atoms with van der Waals surface area (Å²) in [6.07, 6.45) is 0.396. The van der Waals surface area contributed by atoms with Crippen LogP contribution in [0, 0.1) is 0 Å². The zero-order chi connectivity index (χ0) is 13.1. The highest BCUT2D eigenvalue weighted by Gasteiger charge is 2.29. The number of rotatable bonds is 0. The van der Waals surface area contributed by atoms with Gasteiger partial charge in [0.25, 0.3) is 0 Å². The van der Waals surface area contributed by atoms with Crippen molar-refractivity contribution >= 4 is 21.8 Å². The van der Waals surface area contributed by atoms with Crippen LogP contribution in [0.2, 0.25) is 0 Å². The van der Waals surface area contributed by atoms with Gasteiger partial charge in [-0.05, 0) is 32.5 Å². The fourth-order valence-electron chi connectivity index (χ4n) is 3.53. The highest BCUT2D eigenvalue weighted by Crippen LogP contribution is 2.42. The summed E-state index contributed by atoms with van der Waals surface area (Å²) in [5.74, 6) is 0. The maximum Gasteiger partial charge on any atom is 0.0844 e. The van der Waals surface area contributed by atoms with Crippen LogP contribution in [-0.2, 0) is 0 Å². The summed E-state index contributed by atoms with van der Waals surface area (Å²) in [6, 6.07) is 15.9. The average molecular weight is 250 g/mol. The molecule has 19 heavy (non-hydrogen) atoms. The van der Waals surface area contributed by atoms with E-state index < -0.39 is 0 Å². The lowest BCUT2D eigenvalue weighted by Crippen LogP contribution is -2.33. The van der Waals surface area contributed by atoms with Gasteiger partial charge < -0.3 is 4.57 Å². The first-order chi connectivity index (χ1) is 9.20. The van der Waals surface area contributed by atoms with Gasteiger partial charge in [0.1, 0.15) is 0 Å². The summed E-state index contributed by atoms with van der Waals surface area (Å²) in [4.78, 5) is 2.44. The summed E-state index contributed by atoms with van der Waals surface area (Å²) in [5.41, 5.74) is 4.20. The average Bonchev–Trinajstić information content (AvgIpc) is 2.78. The number of fused-ring (bicyclic) bond motifs is 3. The summed E-state index contributed by atoms with van der Waals surface area (Å²) in [5, 5.41) is 2.76. The second-order valence-electron chi connectivity index (χ2n) is 5.60. The minimum atomic E-state index is 0.396. The highest BCUT2D eigenvalue weighted by atomic mass is 15.3. The fourth-order valence-corrected chi connectivity index (χ4v) is 3.53. The van der Waals surface area contributed by atoms with Crippen LogP contribution in [0.15, 0.2) is 42.5 Å². The van der Waals surface area contributed by atoms with Crippen molar-refractivity contribution in [2.75, 3.05) is 7.05 Å². The molecule has 0 saturated heterocycles. The van der Waals surface area contributed by atoms with Gasteiger partial charge in [-0.3, -0.25) is 4.90 Å². The van der Waals surface area contributed by atoms with E-state index in [1.165, 1.54) is 27.4 Å². The van der Waals surface area contributed by atoms with Crippen LogP contribution in [0.1, 0.15) is 31.6 Å². The predicted molar refractivity (Wildman–Crippen MR) is 80.3 cm³/mol. The Morgan fingerprint density at radius 3 is 2.47 bits per heavy atom. The molecule has 0 fully saturated rings. The molecule has 1 unspecified atom stereocenters. The SMILES string of the molecule is CC1c2cccc3c4ccccc4n(c23)[C@@H](C)N1C. The van der Waals surface area contributed by atoms with Crippen molar-refractivity contribution in [3.05, 3.63) is 48.0 Å². The molecule has 0 saturated carbocycles.